The second-order valence-corrected chi connectivity index (χ2v) is 5.35. The van der Waals surface area contributed by atoms with Crippen molar-refractivity contribution in [2.24, 2.45) is 0 Å². The van der Waals surface area contributed by atoms with E-state index < -0.39 is 11.4 Å². The molecule has 0 amide bonds. The van der Waals surface area contributed by atoms with E-state index in [1.165, 1.54) is 12.1 Å². The number of rotatable bonds is 3. The largest absolute Gasteiger partial charge is 0.481 e. The lowest BCUT2D eigenvalue weighted by molar-refractivity contribution is -0.143. The summed E-state index contributed by atoms with van der Waals surface area (Å²) in [6.07, 6.45) is 1.78. The van der Waals surface area contributed by atoms with Crippen molar-refractivity contribution >= 4 is 5.97 Å². The van der Waals surface area contributed by atoms with Crippen LogP contribution < -0.4 is 0 Å². The molecule has 0 spiro atoms. The first-order chi connectivity index (χ1) is 9.62. The van der Waals surface area contributed by atoms with E-state index >= 15 is 0 Å². The summed E-state index contributed by atoms with van der Waals surface area (Å²) in [7, 11) is 0. The van der Waals surface area contributed by atoms with Gasteiger partial charge in [0, 0.05) is 0 Å². The molecule has 0 heterocycles. The number of carbonyl (C=O) groups is 1. The summed E-state index contributed by atoms with van der Waals surface area (Å²) in [6.45, 7) is 0. The van der Waals surface area contributed by atoms with Gasteiger partial charge in [0.25, 0.3) is 0 Å². The Morgan fingerprint density at radius 3 is 2.55 bits per heavy atom. The number of halogens is 1. The summed E-state index contributed by atoms with van der Waals surface area (Å²) in [5.41, 5.74) is 1.98. The second kappa shape index (κ2) is 4.75. The molecular weight excluding hydrogens is 255 g/mol. The molecule has 0 aliphatic heterocycles. The number of hydrogen-bond donors (Lipinski definition) is 1. The van der Waals surface area contributed by atoms with Crippen molar-refractivity contribution in [3.05, 3.63) is 71.0 Å². The predicted molar refractivity (Wildman–Crippen MR) is 74.2 cm³/mol. The third kappa shape index (κ3) is 1.99. The Labute approximate surface area is 116 Å². The van der Waals surface area contributed by atoms with Gasteiger partial charge in [-0.2, -0.15) is 0 Å². The molecule has 102 valence electrons. The van der Waals surface area contributed by atoms with Gasteiger partial charge in [-0.3, -0.25) is 4.79 Å². The summed E-state index contributed by atoms with van der Waals surface area (Å²) in [4.78, 5) is 11.9. The van der Waals surface area contributed by atoms with Crippen molar-refractivity contribution in [2.45, 2.75) is 24.7 Å². The van der Waals surface area contributed by atoms with Gasteiger partial charge in [-0.1, -0.05) is 36.4 Å². The van der Waals surface area contributed by atoms with Crippen molar-refractivity contribution in [1.29, 1.82) is 0 Å². The molecule has 2 aromatic carbocycles. The van der Waals surface area contributed by atoms with E-state index in [9.17, 15) is 14.3 Å². The van der Waals surface area contributed by atoms with Crippen LogP contribution in [0.3, 0.4) is 0 Å². The van der Waals surface area contributed by atoms with Crippen LogP contribution in [0, 0.1) is 5.82 Å². The number of benzene rings is 2. The van der Waals surface area contributed by atoms with E-state index in [2.05, 4.69) is 0 Å². The van der Waals surface area contributed by atoms with Crippen LogP contribution in [0.2, 0.25) is 0 Å². The fourth-order valence-corrected chi connectivity index (χ4v) is 3.12. The van der Waals surface area contributed by atoms with Crippen LogP contribution in [0.5, 0.6) is 0 Å². The van der Waals surface area contributed by atoms with Gasteiger partial charge >= 0.3 is 5.97 Å². The highest BCUT2D eigenvalue weighted by Crippen LogP contribution is 2.41. The van der Waals surface area contributed by atoms with Crippen LogP contribution in [0.15, 0.2) is 48.5 Å². The number of aliphatic carboxylic acids is 1. The monoisotopic (exact) mass is 270 g/mol. The lowest BCUT2D eigenvalue weighted by atomic mass is 9.76. The maximum Gasteiger partial charge on any atom is 0.314 e. The predicted octanol–water partition coefficient (Wildman–Crippen LogP) is 3.34. The first-order valence-electron chi connectivity index (χ1n) is 6.68. The van der Waals surface area contributed by atoms with Gasteiger partial charge < -0.3 is 5.11 Å². The smallest absolute Gasteiger partial charge is 0.314 e. The van der Waals surface area contributed by atoms with Crippen molar-refractivity contribution in [3.8, 4) is 0 Å². The molecule has 1 aliphatic rings. The Hall–Kier alpha value is -2.16. The Balaban J connectivity index is 2.02. The molecule has 0 bridgehead atoms. The van der Waals surface area contributed by atoms with Crippen LogP contribution >= 0.6 is 0 Å². The molecule has 2 nitrogen and oxygen atoms in total. The minimum absolute atomic E-state index is 0.301. The van der Waals surface area contributed by atoms with Gasteiger partial charge in [0.05, 0.1) is 5.41 Å². The summed E-state index contributed by atoms with van der Waals surface area (Å²) in [6, 6.07) is 13.8. The number of fused-ring (bicyclic) bond motifs is 1. The topological polar surface area (TPSA) is 37.3 Å². The van der Waals surface area contributed by atoms with Crippen molar-refractivity contribution in [2.75, 3.05) is 0 Å². The molecule has 3 rings (SSSR count). The minimum Gasteiger partial charge on any atom is -0.481 e. The SMILES string of the molecule is O=C(O)C1(Cc2ccc(F)cc2)CCc2ccccc21. The molecule has 1 unspecified atom stereocenters. The van der Waals surface area contributed by atoms with E-state index in [4.69, 9.17) is 0 Å². The van der Waals surface area contributed by atoms with Gasteiger partial charge in [0.1, 0.15) is 5.82 Å². The zero-order chi connectivity index (χ0) is 14.2. The summed E-state index contributed by atoms with van der Waals surface area (Å²) in [5, 5.41) is 9.75. The maximum atomic E-state index is 13.0. The van der Waals surface area contributed by atoms with Gasteiger partial charge in [-0.15, -0.1) is 0 Å². The fraction of sp³-hybridized carbons (Fsp3) is 0.235. The molecule has 1 aliphatic carbocycles. The molecule has 20 heavy (non-hydrogen) atoms. The Morgan fingerprint density at radius 1 is 1.15 bits per heavy atom. The van der Waals surface area contributed by atoms with E-state index in [0.717, 1.165) is 23.1 Å². The molecule has 1 atom stereocenters. The molecule has 0 radical (unpaired) electrons. The lowest BCUT2D eigenvalue weighted by Gasteiger charge is -2.25. The van der Waals surface area contributed by atoms with Crippen molar-refractivity contribution in [1.82, 2.24) is 0 Å². The van der Waals surface area contributed by atoms with Crippen LogP contribution in [0.25, 0.3) is 0 Å². The van der Waals surface area contributed by atoms with Crippen molar-refractivity contribution < 1.29 is 14.3 Å². The molecule has 0 fully saturated rings. The van der Waals surface area contributed by atoms with Gasteiger partial charge in [-0.25, -0.2) is 4.39 Å². The molecule has 0 saturated carbocycles. The standard InChI is InChI=1S/C17H15FO2/c18-14-7-5-12(6-8-14)11-17(16(19)20)10-9-13-3-1-2-4-15(13)17/h1-8H,9-11H2,(H,19,20). The average Bonchev–Trinajstić information content (AvgIpc) is 2.82. The van der Waals surface area contributed by atoms with Gasteiger partial charge in [0.2, 0.25) is 0 Å². The molecule has 0 aromatic heterocycles. The first kappa shape index (κ1) is 12.9. The molecule has 3 heteroatoms. The normalized spacial score (nSPS) is 20.6. The molecular formula is C17H15FO2. The molecule has 0 saturated heterocycles. The molecule has 2 aromatic rings. The fourth-order valence-electron chi connectivity index (χ4n) is 3.12. The third-order valence-electron chi connectivity index (χ3n) is 4.18. The molecule has 1 N–H and O–H groups in total. The minimum atomic E-state index is -0.881. The zero-order valence-electron chi connectivity index (χ0n) is 11.0. The Kier molecular flexibility index (Phi) is 3.05. The van der Waals surface area contributed by atoms with E-state index in [0.29, 0.717) is 12.8 Å². The number of aryl methyl sites for hydroxylation is 1. The zero-order valence-corrected chi connectivity index (χ0v) is 11.0. The van der Waals surface area contributed by atoms with Crippen LogP contribution in [-0.2, 0) is 23.1 Å². The highest BCUT2D eigenvalue weighted by molar-refractivity contribution is 5.83. The number of carboxylic acid groups (broad SMARTS) is 1. The highest BCUT2D eigenvalue weighted by atomic mass is 19.1. The van der Waals surface area contributed by atoms with Gasteiger partial charge in [0.15, 0.2) is 0 Å². The van der Waals surface area contributed by atoms with Crippen LogP contribution in [-0.4, -0.2) is 11.1 Å². The summed E-state index contributed by atoms with van der Waals surface area (Å²) < 4.78 is 13.0. The Bertz CT molecular complexity index is 648. The lowest BCUT2D eigenvalue weighted by Crippen LogP contribution is -2.35. The van der Waals surface area contributed by atoms with E-state index in [-0.39, 0.29) is 5.82 Å². The van der Waals surface area contributed by atoms with E-state index in [1.54, 1.807) is 12.1 Å². The number of hydrogen-bond acceptors (Lipinski definition) is 1. The maximum absolute atomic E-state index is 13.0. The third-order valence-corrected chi connectivity index (χ3v) is 4.18. The summed E-state index contributed by atoms with van der Waals surface area (Å²) in [5.74, 6) is -1.10. The average molecular weight is 270 g/mol. The first-order valence-corrected chi connectivity index (χ1v) is 6.68. The van der Waals surface area contributed by atoms with Crippen molar-refractivity contribution in [3.63, 3.8) is 0 Å². The Morgan fingerprint density at radius 2 is 1.85 bits per heavy atom. The van der Waals surface area contributed by atoms with Crippen LogP contribution in [0.1, 0.15) is 23.1 Å². The van der Waals surface area contributed by atoms with Gasteiger partial charge in [-0.05, 0) is 48.1 Å². The summed E-state index contributed by atoms with van der Waals surface area (Å²) >= 11 is 0. The quantitative estimate of drug-likeness (QED) is 0.928. The second-order valence-electron chi connectivity index (χ2n) is 5.35. The van der Waals surface area contributed by atoms with Crippen LogP contribution in [0.4, 0.5) is 4.39 Å². The highest BCUT2D eigenvalue weighted by Gasteiger charge is 2.45. The number of carboxylic acids is 1. The van der Waals surface area contributed by atoms with E-state index in [1.807, 2.05) is 24.3 Å².